The van der Waals surface area contributed by atoms with Crippen molar-refractivity contribution in [2.75, 3.05) is 0 Å². The Morgan fingerprint density at radius 2 is 2.07 bits per heavy atom. The minimum Gasteiger partial charge on any atom is -0.357 e. The Morgan fingerprint density at radius 3 is 2.73 bits per heavy atom. The van der Waals surface area contributed by atoms with Gasteiger partial charge in [0.2, 0.25) is 0 Å². The van der Waals surface area contributed by atoms with Crippen molar-refractivity contribution >= 4 is 10.9 Å². The predicted molar refractivity (Wildman–Crippen MR) is 64.9 cm³/mol. The molecule has 3 N–H and O–H groups in total. The second kappa shape index (κ2) is 4.07. The van der Waals surface area contributed by atoms with Crippen molar-refractivity contribution in [2.24, 2.45) is 5.73 Å². The molecule has 0 aliphatic carbocycles. The highest BCUT2D eigenvalue weighted by Gasteiger charge is 2.12. The summed E-state index contributed by atoms with van der Waals surface area (Å²) in [6.07, 6.45) is 2.25. The Hall–Kier alpha value is -1.28. The van der Waals surface area contributed by atoms with Gasteiger partial charge in [-0.05, 0) is 25.0 Å². The minimum absolute atomic E-state index is 0.0824. The largest absolute Gasteiger partial charge is 0.357 e. The Balaban J connectivity index is 2.63. The SMILES string of the molecule is CCCc1c(C(C)N)[nH]c2ccccc12. The van der Waals surface area contributed by atoms with E-state index in [0.717, 1.165) is 12.8 Å². The fourth-order valence-corrected chi connectivity index (χ4v) is 2.13. The lowest BCUT2D eigenvalue weighted by Crippen LogP contribution is -2.07. The fraction of sp³-hybridized carbons (Fsp3) is 0.385. The summed E-state index contributed by atoms with van der Waals surface area (Å²) in [4.78, 5) is 3.42. The first kappa shape index (κ1) is 10.2. The number of aromatic amines is 1. The Morgan fingerprint density at radius 1 is 1.33 bits per heavy atom. The highest BCUT2D eigenvalue weighted by atomic mass is 14.8. The van der Waals surface area contributed by atoms with Gasteiger partial charge in [0.05, 0.1) is 0 Å². The van der Waals surface area contributed by atoms with Crippen LogP contribution in [0, 0.1) is 0 Å². The summed E-state index contributed by atoms with van der Waals surface area (Å²) in [6, 6.07) is 8.50. The third kappa shape index (κ3) is 1.77. The summed E-state index contributed by atoms with van der Waals surface area (Å²) in [5, 5.41) is 1.33. The number of rotatable bonds is 3. The number of para-hydroxylation sites is 1. The van der Waals surface area contributed by atoms with Crippen molar-refractivity contribution in [2.45, 2.75) is 32.7 Å². The van der Waals surface area contributed by atoms with Crippen molar-refractivity contribution in [3.05, 3.63) is 35.5 Å². The van der Waals surface area contributed by atoms with Gasteiger partial charge in [0.1, 0.15) is 0 Å². The van der Waals surface area contributed by atoms with E-state index in [1.165, 1.54) is 22.2 Å². The molecular weight excluding hydrogens is 184 g/mol. The van der Waals surface area contributed by atoms with Crippen molar-refractivity contribution in [1.82, 2.24) is 4.98 Å². The van der Waals surface area contributed by atoms with Crippen molar-refractivity contribution in [3.8, 4) is 0 Å². The number of fused-ring (bicyclic) bond motifs is 1. The molecule has 0 amide bonds. The van der Waals surface area contributed by atoms with E-state index in [9.17, 15) is 0 Å². The van der Waals surface area contributed by atoms with E-state index in [1.807, 2.05) is 6.92 Å². The molecule has 0 bridgehead atoms. The first-order valence-electron chi connectivity index (χ1n) is 5.59. The predicted octanol–water partition coefficient (Wildman–Crippen LogP) is 3.14. The number of nitrogens with two attached hydrogens (primary N) is 1. The molecule has 2 rings (SSSR count). The molecule has 2 heteroatoms. The van der Waals surface area contributed by atoms with Crippen molar-refractivity contribution in [3.63, 3.8) is 0 Å². The molecule has 0 aliphatic rings. The molecule has 1 aromatic carbocycles. The molecule has 80 valence electrons. The van der Waals surface area contributed by atoms with Crippen LogP contribution in [-0.4, -0.2) is 4.98 Å². The maximum Gasteiger partial charge on any atom is 0.0459 e. The summed E-state index contributed by atoms with van der Waals surface area (Å²) in [5.41, 5.74) is 9.76. The first-order valence-corrected chi connectivity index (χ1v) is 5.59. The lowest BCUT2D eigenvalue weighted by Gasteiger charge is -2.06. The molecule has 2 aromatic rings. The van der Waals surface area contributed by atoms with Gasteiger partial charge in [-0.15, -0.1) is 0 Å². The molecule has 1 atom stereocenters. The van der Waals surface area contributed by atoms with E-state index in [2.05, 4.69) is 36.2 Å². The smallest absolute Gasteiger partial charge is 0.0459 e. The van der Waals surface area contributed by atoms with E-state index < -0.39 is 0 Å². The second-order valence-electron chi connectivity index (χ2n) is 4.10. The third-order valence-electron chi connectivity index (χ3n) is 2.80. The number of aryl methyl sites for hydroxylation is 1. The van der Waals surface area contributed by atoms with E-state index >= 15 is 0 Å². The van der Waals surface area contributed by atoms with Crippen LogP contribution in [0.5, 0.6) is 0 Å². The number of H-pyrrole nitrogens is 1. The van der Waals surface area contributed by atoms with Gasteiger partial charge in [0.15, 0.2) is 0 Å². The maximum atomic E-state index is 5.98. The Bertz CT molecular complexity index is 455. The Labute approximate surface area is 90.5 Å². The lowest BCUT2D eigenvalue weighted by atomic mass is 10.0. The molecule has 0 spiro atoms. The molecule has 1 aromatic heterocycles. The summed E-state index contributed by atoms with van der Waals surface area (Å²) in [5.74, 6) is 0. The number of nitrogens with one attached hydrogen (secondary N) is 1. The molecule has 0 saturated carbocycles. The molecular formula is C13H18N2. The van der Waals surface area contributed by atoms with Crippen LogP contribution < -0.4 is 5.73 Å². The Kier molecular flexibility index (Phi) is 2.78. The minimum atomic E-state index is 0.0824. The van der Waals surface area contributed by atoms with Crippen LogP contribution in [-0.2, 0) is 6.42 Å². The van der Waals surface area contributed by atoms with Crippen LogP contribution in [0.25, 0.3) is 10.9 Å². The average molecular weight is 202 g/mol. The third-order valence-corrected chi connectivity index (χ3v) is 2.80. The van der Waals surface area contributed by atoms with E-state index in [4.69, 9.17) is 5.73 Å². The fourth-order valence-electron chi connectivity index (χ4n) is 2.13. The normalized spacial score (nSPS) is 13.3. The zero-order chi connectivity index (χ0) is 10.8. The molecule has 0 radical (unpaired) electrons. The summed E-state index contributed by atoms with van der Waals surface area (Å²) < 4.78 is 0. The van der Waals surface area contributed by atoms with Gasteiger partial charge in [-0.3, -0.25) is 0 Å². The van der Waals surface area contributed by atoms with Crippen LogP contribution in [0.2, 0.25) is 0 Å². The molecule has 15 heavy (non-hydrogen) atoms. The summed E-state index contributed by atoms with van der Waals surface area (Å²) >= 11 is 0. The van der Waals surface area contributed by atoms with Gasteiger partial charge in [0.25, 0.3) is 0 Å². The zero-order valence-electron chi connectivity index (χ0n) is 9.38. The molecule has 0 aliphatic heterocycles. The maximum absolute atomic E-state index is 5.98. The zero-order valence-corrected chi connectivity index (χ0v) is 9.38. The van der Waals surface area contributed by atoms with Crippen LogP contribution in [0.1, 0.15) is 37.6 Å². The highest BCUT2D eigenvalue weighted by molar-refractivity contribution is 5.84. The summed E-state index contributed by atoms with van der Waals surface area (Å²) in [6.45, 7) is 4.23. The molecule has 1 heterocycles. The van der Waals surface area contributed by atoms with Crippen LogP contribution >= 0.6 is 0 Å². The standard InChI is InChI=1S/C13H18N2/c1-3-6-11-10-7-4-5-8-12(10)15-13(11)9(2)14/h4-5,7-9,15H,3,6,14H2,1-2H3. The van der Waals surface area contributed by atoms with Gasteiger partial charge in [-0.2, -0.15) is 0 Å². The van der Waals surface area contributed by atoms with E-state index in [0.29, 0.717) is 0 Å². The number of aromatic nitrogens is 1. The second-order valence-corrected chi connectivity index (χ2v) is 4.10. The van der Waals surface area contributed by atoms with Gasteiger partial charge in [-0.1, -0.05) is 31.5 Å². The summed E-state index contributed by atoms with van der Waals surface area (Å²) in [7, 11) is 0. The van der Waals surface area contributed by atoms with Crippen LogP contribution in [0.4, 0.5) is 0 Å². The quantitative estimate of drug-likeness (QED) is 0.788. The van der Waals surface area contributed by atoms with Crippen molar-refractivity contribution < 1.29 is 0 Å². The number of benzene rings is 1. The van der Waals surface area contributed by atoms with Gasteiger partial charge in [0, 0.05) is 22.6 Å². The molecule has 2 nitrogen and oxygen atoms in total. The topological polar surface area (TPSA) is 41.8 Å². The first-order chi connectivity index (χ1) is 7.24. The highest BCUT2D eigenvalue weighted by Crippen LogP contribution is 2.26. The number of hydrogen-bond donors (Lipinski definition) is 2. The lowest BCUT2D eigenvalue weighted by molar-refractivity contribution is 0.767. The van der Waals surface area contributed by atoms with Crippen LogP contribution in [0.15, 0.2) is 24.3 Å². The molecule has 0 saturated heterocycles. The average Bonchev–Trinajstić information content (AvgIpc) is 2.58. The number of hydrogen-bond acceptors (Lipinski definition) is 1. The van der Waals surface area contributed by atoms with E-state index in [1.54, 1.807) is 0 Å². The monoisotopic (exact) mass is 202 g/mol. The van der Waals surface area contributed by atoms with Gasteiger partial charge < -0.3 is 10.7 Å². The molecule has 0 fully saturated rings. The van der Waals surface area contributed by atoms with Gasteiger partial charge in [-0.25, -0.2) is 0 Å². The van der Waals surface area contributed by atoms with E-state index in [-0.39, 0.29) is 6.04 Å². The van der Waals surface area contributed by atoms with Gasteiger partial charge >= 0.3 is 0 Å². The van der Waals surface area contributed by atoms with Crippen LogP contribution in [0.3, 0.4) is 0 Å². The van der Waals surface area contributed by atoms with Crippen molar-refractivity contribution in [1.29, 1.82) is 0 Å². The molecule has 1 unspecified atom stereocenters.